The van der Waals surface area contributed by atoms with Crippen LogP contribution in [0.5, 0.6) is 0 Å². The Morgan fingerprint density at radius 2 is 2.00 bits per heavy atom. The third kappa shape index (κ3) is 2.56. The maximum Gasteiger partial charge on any atom is 0.269 e. The summed E-state index contributed by atoms with van der Waals surface area (Å²) in [6, 6.07) is 12.1. The van der Waals surface area contributed by atoms with Gasteiger partial charge in [-0.15, -0.1) is 0 Å². The van der Waals surface area contributed by atoms with Gasteiger partial charge in [-0.1, -0.05) is 31.2 Å². The van der Waals surface area contributed by atoms with E-state index in [0.717, 1.165) is 17.5 Å². The van der Waals surface area contributed by atoms with E-state index in [9.17, 15) is 4.79 Å². The number of aromatic nitrogens is 1. The van der Waals surface area contributed by atoms with E-state index < -0.39 is 0 Å². The van der Waals surface area contributed by atoms with E-state index in [1.165, 1.54) is 5.56 Å². The van der Waals surface area contributed by atoms with Crippen molar-refractivity contribution in [2.45, 2.75) is 13.3 Å². The van der Waals surface area contributed by atoms with Crippen molar-refractivity contribution in [3.63, 3.8) is 0 Å². The van der Waals surface area contributed by atoms with Gasteiger partial charge in [0.25, 0.3) is 5.91 Å². The van der Waals surface area contributed by atoms with E-state index in [1.807, 2.05) is 24.3 Å². The Morgan fingerprint density at radius 1 is 1.22 bits per heavy atom. The normalized spacial score (nSPS) is 10.1. The van der Waals surface area contributed by atoms with Gasteiger partial charge in [0.15, 0.2) is 0 Å². The van der Waals surface area contributed by atoms with E-state index in [0.29, 0.717) is 5.69 Å². The molecule has 1 amide bonds. The van der Waals surface area contributed by atoms with Crippen LogP contribution in [0.25, 0.3) is 11.1 Å². The molecule has 0 spiro atoms. The zero-order valence-electron chi connectivity index (χ0n) is 10.6. The number of hydrogen-bond acceptors (Lipinski definition) is 2. The predicted molar refractivity (Wildman–Crippen MR) is 72.4 cm³/mol. The number of carbonyl (C=O) groups excluding carboxylic acids is 1. The highest BCUT2D eigenvalue weighted by molar-refractivity contribution is 5.93. The Bertz CT molecular complexity index is 564. The van der Waals surface area contributed by atoms with Crippen LogP contribution in [-0.2, 0) is 6.42 Å². The summed E-state index contributed by atoms with van der Waals surface area (Å²) >= 11 is 0. The fourth-order valence-corrected chi connectivity index (χ4v) is 1.83. The molecule has 0 saturated carbocycles. The van der Waals surface area contributed by atoms with Crippen LogP contribution in [0, 0.1) is 0 Å². The maximum absolute atomic E-state index is 11.5. The molecule has 2 rings (SSSR count). The van der Waals surface area contributed by atoms with Crippen LogP contribution in [0.3, 0.4) is 0 Å². The summed E-state index contributed by atoms with van der Waals surface area (Å²) in [5, 5.41) is 2.58. The van der Waals surface area contributed by atoms with Gasteiger partial charge in [0, 0.05) is 13.2 Å². The van der Waals surface area contributed by atoms with Gasteiger partial charge in [0.1, 0.15) is 5.69 Å². The summed E-state index contributed by atoms with van der Waals surface area (Å²) < 4.78 is 0. The second-order valence-electron chi connectivity index (χ2n) is 4.06. The SMILES string of the molecule is CCc1cccc(-c2ccnc(C(=O)NC)c2)c1. The molecule has 0 aliphatic heterocycles. The first-order valence-electron chi connectivity index (χ1n) is 6.02. The minimum atomic E-state index is -0.163. The Morgan fingerprint density at radius 3 is 2.72 bits per heavy atom. The molecular formula is C15H16N2O. The number of hydrogen-bond donors (Lipinski definition) is 1. The van der Waals surface area contributed by atoms with E-state index >= 15 is 0 Å². The molecule has 0 saturated heterocycles. The van der Waals surface area contributed by atoms with Gasteiger partial charge in [-0.25, -0.2) is 0 Å². The van der Waals surface area contributed by atoms with Gasteiger partial charge in [-0.3, -0.25) is 9.78 Å². The predicted octanol–water partition coefficient (Wildman–Crippen LogP) is 2.67. The fourth-order valence-electron chi connectivity index (χ4n) is 1.83. The van der Waals surface area contributed by atoms with Crippen LogP contribution in [0.1, 0.15) is 23.0 Å². The standard InChI is InChI=1S/C15H16N2O/c1-3-11-5-4-6-12(9-11)13-7-8-17-14(10-13)15(18)16-2/h4-10H,3H2,1-2H3,(H,16,18). The van der Waals surface area contributed by atoms with Crippen molar-refractivity contribution >= 4 is 5.91 Å². The first kappa shape index (κ1) is 12.3. The molecule has 0 atom stereocenters. The molecule has 0 fully saturated rings. The number of nitrogens with zero attached hydrogens (tertiary/aromatic N) is 1. The average Bonchev–Trinajstić information content (AvgIpc) is 2.46. The molecule has 0 aliphatic rings. The van der Waals surface area contributed by atoms with Crippen LogP contribution < -0.4 is 5.32 Å². The highest BCUT2D eigenvalue weighted by Gasteiger charge is 2.06. The van der Waals surface area contributed by atoms with Crippen molar-refractivity contribution < 1.29 is 4.79 Å². The van der Waals surface area contributed by atoms with E-state index in [-0.39, 0.29) is 5.91 Å². The average molecular weight is 240 g/mol. The van der Waals surface area contributed by atoms with Crippen molar-refractivity contribution in [2.24, 2.45) is 0 Å². The smallest absolute Gasteiger partial charge is 0.269 e. The highest BCUT2D eigenvalue weighted by atomic mass is 16.1. The van der Waals surface area contributed by atoms with Crippen molar-refractivity contribution in [3.05, 3.63) is 53.9 Å². The molecule has 1 aromatic heterocycles. The van der Waals surface area contributed by atoms with Gasteiger partial charge in [-0.2, -0.15) is 0 Å². The van der Waals surface area contributed by atoms with Gasteiger partial charge in [-0.05, 0) is 35.2 Å². The van der Waals surface area contributed by atoms with Crippen LogP contribution >= 0.6 is 0 Å². The summed E-state index contributed by atoms with van der Waals surface area (Å²) in [5.74, 6) is -0.163. The molecule has 1 N–H and O–H groups in total. The number of pyridine rings is 1. The van der Waals surface area contributed by atoms with Crippen molar-refractivity contribution in [1.82, 2.24) is 10.3 Å². The van der Waals surface area contributed by atoms with Crippen molar-refractivity contribution in [3.8, 4) is 11.1 Å². The van der Waals surface area contributed by atoms with Crippen molar-refractivity contribution in [1.29, 1.82) is 0 Å². The summed E-state index contributed by atoms with van der Waals surface area (Å²) in [6.07, 6.45) is 2.67. The molecule has 0 bridgehead atoms. The molecule has 0 aliphatic carbocycles. The lowest BCUT2D eigenvalue weighted by molar-refractivity contribution is 0.0958. The first-order chi connectivity index (χ1) is 8.74. The fraction of sp³-hybridized carbons (Fsp3) is 0.200. The number of nitrogens with one attached hydrogen (secondary N) is 1. The summed E-state index contributed by atoms with van der Waals surface area (Å²) in [5.41, 5.74) is 3.85. The molecule has 0 radical (unpaired) electrons. The number of rotatable bonds is 3. The number of amides is 1. The van der Waals surface area contributed by atoms with Gasteiger partial charge >= 0.3 is 0 Å². The Balaban J connectivity index is 2.41. The second-order valence-corrected chi connectivity index (χ2v) is 4.06. The zero-order chi connectivity index (χ0) is 13.0. The summed E-state index contributed by atoms with van der Waals surface area (Å²) in [4.78, 5) is 15.6. The minimum Gasteiger partial charge on any atom is -0.354 e. The quantitative estimate of drug-likeness (QED) is 0.896. The Kier molecular flexibility index (Phi) is 3.72. The molecule has 2 aromatic rings. The van der Waals surface area contributed by atoms with Crippen molar-refractivity contribution in [2.75, 3.05) is 7.05 Å². The molecule has 1 aromatic carbocycles. The van der Waals surface area contributed by atoms with Crippen LogP contribution in [0.15, 0.2) is 42.6 Å². The summed E-state index contributed by atoms with van der Waals surface area (Å²) in [7, 11) is 1.61. The molecule has 3 heteroatoms. The summed E-state index contributed by atoms with van der Waals surface area (Å²) in [6.45, 7) is 2.13. The molecule has 1 heterocycles. The van der Waals surface area contributed by atoms with Crippen LogP contribution in [0.4, 0.5) is 0 Å². The van der Waals surface area contributed by atoms with E-state index in [4.69, 9.17) is 0 Å². The topological polar surface area (TPSA) is 42.0 Å². The lowest BCUT2D eigenvalue weighted by atomic mass is 10.0. The largest absolute Gasteiger partial charge is 0.354 e. The van der Waals surface area contributed by atoms with E-state index in [1.54, 1.807) is 13.2 Å². The number of benzene rings is 1. The van der Waals surface area contributed by atoms with Crippen LogP contribution in [-0.4, -0.2) is 17.9 Å². The minimum absolute atomic E-state index is 0.163. The highest BCUT2D eigenvalue weighted by Crippen LogP contribution is 2.20. The monoisotopic (exact) mass is 240 g/mol. The van der Waals surface area contributed by atoms with Crippen LogP contribution in [0.2, 0.25) is 0 Å². The molecule has 3 nitrogen and oxygen atoms in total. The first-order valence-corrected chi connectivity index (χ1v) is 6.02. The van der Waals surface area contributed by atoms with E-state index in [2.05, 4.69) is 29.4 Å². The Labute approximate surface area is 107 Å². The Hall–Kier alpha value is -2.16. The van der Waals surface area contributed by atoms with Gasteiger partial charge in [0.2, 0.25) is 0 Å². The molecule has 0 unspecified atom stereocenters. The lowest BCUT2D eigenvalue weighted by Crippen LogP contribution is -2.19. The zero-order valence-corrected chi connectivity index (χ0v) is 10.6. The maximum atomic E-state index is 11.5. The van der Waals surface area contributed by atoms with Gasteiger partial charge in [0.05, 0.1) is 0 Å². The number of aryl methyl sites for hydroxylation is 1. The third-order valence-electron chi connectivity index (χ3n) is 2.89. The van der Waals surface area contributed by atoms with Gasteiger partial charge < -0.3 is 5.32 Å². The molecule has 92 valence electrons. The number of carbonyl (C=O) groups is 1. The third-order valence-corrected chi connectivity index (χ3v) is 2.89. The second kappa shape index (κ2) is 5.45. The molecular weight excluding hydrogens is 224 g/mol. The lowest BCUT2D eigenvalue weighted by Gasteiger charge is -2.05. The molecule has 18 heavy (non-hydrogen) atoms.